The van der Waals surface area contributed by atoms with Crippen molar-refractivity contribution in [2.75, 3.05) is 32.1 Å². The highest BCUT2D eigenvalue weighted by molar-refractivity contribution is 14.0. The molecule has 0 aliphatic carbocycles. The first-order chi connectivity index (χ1) is 11.7. The molecule has 0 saturated carbocycles. The molecule has 26 heavy (non-hydrogen) atoms. The number of nitrogens with one attached hydrogen (secondary N) is 3. The van der Waals surface area contributed by atoms with Gasteiger partial charge in [-0.1, -0.05) is 22.0 Å². The lowest BCUT2D eigenvalue weighted by Gasteiger charge is -2.17. The molecule has 0 spiro atoms. The fraction of sp³-hybridized carbons (Fsp3) is 0.500. The molecule has 0 aliphatic heterocycles. The minimum Gasteiger partial charge on any atom is -0.355 e. The predicted molar refractivity (Wildman–Crippen MR) is 120 cm³/mol. The summed E-state index contributed by atoms with van der Waals surface area (Å²) in [6.45, 7) is 2.83. The van der Waals surface area contributed by atoms with E-state index in [0.29, 0.717) is 31.0 Å². The number of halogens is 2. The lowest BCUT2D eigenvalue weighted by Crippen LogP contribution is -2.45. The Hall–Kier alpha value is -0.880. The van der Waals surface area contributed by atoms with E-state index in [2.05, 4.69) is 36.9 Å². The molecule has 1 atom stereocenters. The summed E-state index contributed by atoms with van der Waals surface area (Å²) >= 11 is 3.33. The maximum Gasteiger partial charge on any atom is 0.251 e. The van der Waals surface area contributed by atoms with Crippen LogP contribution in [0.25, 0.3) is 0 Å². The first-order valence-corrected chi connectivity index (χ1v) is 10.8. The lowest BCUT2D eigenvalue weighted by molar-refractivity contribution is 0.0954. The van der Waals surface area contributed by atoms with Gasteiger partial charge < -0.3 is 16.0 Å². The molecule has 3 N–H and O–H groups in total. The van der Waals surface area contributed by atoms with Crippen LogP contribution < -0.4 is 16.0 Å². The Bertz CT molecular complexity index is 713. The number of carbonyl (C=O) groups excluding carboxylic acids is 1. The standard InChI is InChI=1S/C16H25BrN4O3S.HI/c1-12(7-10-25(3,23)24)21-16(18-2)20-9-8-19-15(22)13-5-4-6-14(17)11-13;/h4-6,11-12H,7-10H2,1-3H3,(H,19,22)(H2,18,20,21);1H. The number of aliphatic imine (C=N–C) groups is 1. The summed E-state index contributed by atoms with van der Waals surface area (Å²) in [4.78, 5) is 16.1. The largest absolute Gasteiger partial charge is 0.355 e. The van der Waals surface area contributed by atoms with Crippen LogP contribution in [0.5, 0.6) is 0 Å². The SMILES string of the molecule is CN=C(NCCNC(=O)c1cccc(Br)c1)NC(C)CCS(C)(=O)=O.I. The van der Waals surface area contributed by atoms with Gasteiger partial charge in [-0.15, -0.1) is 24.0 Å². The second kappa shape index (κ2) is 12.5. The Morgan fingerprint density at radius 2 is 1.92 bits per heavy atom. The van der Waals surface area contributed by atoms with Gasteiger partial charge in [0.05, 0.1) is 5.75 Å². The summed E-state index contributed by atoms with van der Waals surface area (Å²) in [6.07, 6.45) is 1.72. The van der Waals surface area contributed by atoms with Crippen LogP contribution in [0.2, 0.25) is 0 Å². The van der Waals surface area contributed by atoms with Gasteiger partial charge in [-0.3, -0.25) is 9.79 Å². The molecule has 0 radical (unpaired) electrons. The molecule has 0 bridgehead atoms. The highest BCUT2D eigenvalue weighted by Gasteiger charge is 2.09. The van der Waals surface area contributed by atoms with Crippen LogP contribution in [0.1, 0.15) is 23.7 Å². The molecule has 0 aromatic heterocycles. The Morgan fingerprint density at radius 3 is 2.50 bits per heavy atom. The molecule has 7 nitrogen and oxygen atoms in total. The Balaban J connectivity index is 0.00000625. The number of hydrogen-bond donors (Lipinski definition) is 3. The van der Waals surface area contributed by atoms with Gasteiger partial charge in [0.25, 0.3) is 5.91 Å². The molecule has 1 unspecified atom stereocenters. The van der Waals surface area contributed by atoms with E-state index < -0.39 is 9.84 Å². The van der Waals surface area contributed by atoms with Crippen molar-refractivity contribution in [3.05, 3.63) is 34.3 Å². The van der Waals surface area contributed by atoms with E-state index in [1.165, 1.54) is 6.26 Å². The zero-order valence-electron chi connectivity index (χ0n) is 15.1. The number of amides is 1. The number of guanidine groups is 1. The highest BCUT2D eigenvalue weighted by atomic mass is 127. The van der Waals surface area contributed by atoms with Gasteiger partial charge in [0.15, 0.2) is 5.96 Å². The summed E-state index contributed by atoms with van der Waals surface area (Å²) in [5.41, 5.74) is 0.589. The molecule has 10 heteroatoms. The summed E-state index contributed by atoms with van der Waals surface area (Å²) in [7, 11) is -1.34. The third-order valence-corrected chi connectivity index (χ3v) is 4.79. The van der Waals surface area contributed by atoms with Crippen molar-refractivity contribution in [2.45, 2.75) is 19.4 Å². The van der Waals surface area contributed by atoms with Crippen LogP contribution in [0, 0.1) is 0 Å². The van der Waals surface area contributed by atoms with Gasteiger partial charge >= 0.3 is 0 Å². The van der Waals surface area contributed by atoms with Gasteiger partial charge in [-0.05, 0) is 31.5 Å². The molecular formula is C16H26BrIN4O3S. The van der Waals surface area contributed by atoms with Crippen LogP contribution in [-0.2, 0) is 9.84 Å². The minimum absolute atomic E-state index is 0. The van der Waals surface area contributed by atoms with Crippen molar-refractivity contribution in [3.63, 3.8) is 0 Å². The third-order valence-electron chi connectivity index (χ3n) is 3.32. The molecule has 0 saturated heterocycles. The van der Waals surface area contributed by atoms with Crippen molar-refractivity contribution in [3.8, 4) is 0 Å². The zero-order valence-corrected chi connectivity index (χ0v) is 19.8. The van der Waals surface area contributed by atoms with Crippen molar-refractivity contribution >= 4 is 61.6 Å². The van der Waals surface area contributed by atoms with Gasteiger partial charge in [0, 0.05) is 42.5 Å². The van der Waals surface area contributed by atoms with E-state index in [1.807, 2.05) is 13.0 Å². The number of rotatable bonds is 8. The fourth-order valence-corrected chi connectivity index (χ4v) is 3.16. The Labute approximate surface area is 180 Å². The lowest BCUT2D eigenvalue weighted by atomic mass is 10.2. The number of sulfone groups is 1. The van der Waals surface area contributed by atoms with Gasteiger partial charge in [0.1, 0.15) is 9.84 Å². The van der Waals surface area contributed by atoms with E-state index in [9.17, 15) is 13.2 Å². The van der Waals surface area contributed by atoms with E-state index in [0.717, 1.165) is 4.47 Å². The van der Waals surface area contributed by atoms with E-state index in [4.69, 9.17) is 0 Å². The molecule has 0 heterocycles. The van der Waals surface area contributed by atoms with Crippen molar-refractivity contribution in [1.29, 1.82) is 0 Å². The topological polar surface area (TPSA) is 99.7 Å². The Kier molecular flexibility index (Phi) is 12.1. The first-order valence-electron chi connectivity index (χ1n) is 7.90. The third kappa shape index (κ3) is 11.0. The molecule has 1 aromatic rings. The zero-order chi connectivity index (χ0) is 18.9. The van der Waals surface area contributed by atoms with Crippen LogP contribution in [-0.4, -0.2) is 58.5 Å². The molecule has 1 amide bonds. The second-order valence-corrected chi connectivity index (χ2v) is 8.90. The average molecular weight is 561 g/mol. The van der Waals surface area contributed by atoms with Crippen LogP contribution in [0.15, 0.2) is 33.7 Å². The maximum absolute atomic E-state index is 12.0. The van der Waals surface area contributed by atoms with Crippen molar-refractivity contribution < 1.29 is 13.2 Å². The predicted octanol–water partition coefficient (Wildman–Crippen LogP) is 1.79. The monoisotopic (exact) mass is 560 g/mol. The van der Waals surface area contributed by atoms with Crippen LogP contribution >= 0.6 is 39.9 Å². The summed E-state index contributed by atoms with van der Waals surface area (Å²) in [5.74, 6) is 0.547. The van der Waals surface area contributed by atoms with Crippen molar-refractivity contribution in [2.24, 2.45) is 4.99 Å². The number of nitrogens with zero attached hydrogens (tertiary/aromatic N) is 1. The Morgan fingerprint density at radius 1 is 1.27 bits per heavy atom. The second-order valence-electron chi connectivity index (χ2n) is 5.73. The maximum atomic E-state index is 12.0. The van der Waals surface area contributed by atoms with Crippen LogP contribution in [0.3, 0.4) is 0 Å². The quantitative estimate of drug-likeness (QED) is 0.195. The van der Waals surface area contributed by atoms with E-state index >= 15 is 0 Å². The highest BCUT2D eigenvalue weighted by Crippen LogP contribution is 2.11. The van der Waals surface area contributed by atoms with Gasteiger partial charge in [-0.2, -0.15) is 0 Å². The average Bonchev–Trinajstić information content (AvgIpc) is 2.54. The molecule has 1 rings (SSSR count). The normalized spacial score (nSPS) is 12.7. The fourth-order valence-electron chi connectivity index (χ4n) is 1.98. The summed E-state index contributed by atoms with van der Waals surface area (Å²) in [5, 5.41) is 9.02. The summed E-state index contributed by atoms with van der Waals surface area (Å²) < 4.78 is 23.2. The van der Waals surface area contributed by atoms with Crippen molar-refractivity contribution in [1.82, 2.24) is 16.0 Å². The molecular weight excluding hydrogens is 535 g/mol. The summed E-state index contributed by atoms with van der Waals surface area (Å²) in [6, 6.07) is 7.14. The first kappa shape index (κ1) is 25.1. The molecule has 1 aromatic carbocycles. The smallest absolute Gasteiger partial charge is 0.251 e. The molecule has 0 aliphatic rings. The minimum atomic E-state index is -2.97. The number of carbonyl (C=O) groups is 1. The van der Waals surface area contributed by atoms with E-state index in [1.54, 1.807) is 25.2 Å². The van der Waals surface area contributed by atoms with Gasteiger partial charge in [-0.25, -0.2) is 8.42 Å². The van der Waals surface area contributed by atoms with Gasteiger partial charge in [0.2, 0.25) is 0 Å². The number of hydrogen-bond acceptors (Lipinski definition) is 4. The number of benzene rings is 1. The molecule has 0 fully saturated rings. The van der Waals surface area contributed by atoms with E-state index in [-0.39, 0.29) is 41.7 Å². The van der Waals surface area contributed by atoms with Crippen LogP contribution in [0.4, 0.5) is 0 Å². The molecule has 148 valence electrons.